The Balaban J connectivity index is 2.50. The molecule has 0 fully saturated rings. The van der Waals surface area contributed by atoms with Gasteiger partial charge in [-0.2, -0.15) is 0 Å². The number of hydrogen-bond acceptors (Lipinski definition) is 3. The minimum Gasteiger partial charge on any atom is -0.506 e. The van der Waals surface area contributed by atoms with E-state index in [0.29, 0.717) is 24.3 Å². The zero-order chi connectivity index (χ0) is 14.4. The van der Waals surface area contributed by atoms with Gasteiger partial charge in [0.15, 0.2) is 0 Å². The molecule has 3 nitrogen and oxygen atoms in total. The molecule has 1 atom stereocenters. The maximum Gasteiger partial charge on any atom is 0.134 e. The first kappa shape index (κ1) is 16.5. The number of nitrogens with zero attached hydrogens (tertiary/aromatic N) is 1. The Morgan fingerprint density at radius 1 is 1.32 bits per heavy atom. The molecular weight excluding hydrogens is 304 g/mol. The molecular formula is C15H25BrN2O. The number of aromatic hydroxyl groups is 1. The maximum absolute atomic E-state index is 9.92. The molecule has 108 valence electrons. The summed E-state index contributed by atoms with van der Waals surface area (Å²) in [6.07, 6.45) is 1.17. The minimum absolute atomic E-state index is 0.334. The number of benzene rings is 1. The van der Waals surface area contributed by atoms with E-state index in [0.717, 1.165) is 16.6 Å². The Bertz CT molecular complexity index is 394. The van der Waals surface area contributed by atoms with Crippen LogP contribution in [0, 0.1) is 5.92 Å². The summed E-state index contributed by atoms with van der Waals surface area (Å²) in [5.74, 6) is 1.02. The van der Waals surface area contributed by atoms with Crippen LogP contribution >= 0.6 is 15.9 Å². The summed E-state index contributed by atoms with van der Waals surface area (Å²) in [7, 11) is 4.23. The predicted octanol–water partition coefficient (Wildman–Crippen LogP) is 3.22. The molecule has 0 amide bonds. The number of hydrogen-bond donors (Lipinski definition) is 2. The van der Waals surface area contributed by atoms with Gasteiger partial charge in [-0.1, -0.05) is 26.0 Å². The van der Waals surface area contributed by atoms with E-state index in [4.69, 9.17) is 0 Å². The van der Waals surface area contributed by atoms with Crippen molar-refractivity contribution in [2.45, 2.75) is 32.9 Å². The van der Waals surface area contributed by atoms with Crippen LogP contribution in [0.1, 0.15) is 25.8 Å². The normalized spacial score (nSPS) is 13.2. The van der Waals surface area contributed by atoms with E-state index in [1.165, 1.54) is 6.42 Å². The van der Waals surface area contributed by atoms with Gasteiger partial charge in [0.1, 0.15) is 5.75 Å². The van der Waals surface area contributed by atoms with Crippen LogP contribution in [0.3, 0.4) is 0 Å². The van der Waals surface area contributed by atoms with Crippen molar-refractivity contribution in [3.63, 3.8) is 0 Å². The van der Waals surface area contributed by atoms with Crippen molar-refractivity contribution < 1.29 is 5.11 Å². The Kier molecular flexibility index (Phi) is 6.83. The van der Waals surface area contributed by atoms with Crippen LogP contribution in [0.25, 0.3) is 0 Å². The number of para-hydroxylation sites is 1. The molecule has 19 heavy (non-hydrogen) atoms. The second-order valence-electron chi connectivity index (χ2n) is 5.63. The first-order valence-electron chi connectivity index (χ1n) is 6.75. The van der Waals surface area contributed by atoms with E-state index in [9.17, 15) is 5.11 Å². The monoisotopic (exact) mass is 328 g/mol. The third kappa shape index (κ3) is 5.51. The average Bonchev–Trinajstić information content (AvgIpc) is 2.32. The molecule has 0 heterocycles. The van der Waals surface area contributed by atoms with Gasteiger partial charge in [0.05, 0.1) is 4.47 Å². The van der Waals surface area contributed by atoms with Crippen molar-refractivity contribution in [1.82, 2.24) is 10.2 Å². The molecule has 1 rings (SSSR count). The fourth-order valence-electron chi connectivity index (χ4n) is 2.10. The standard InChI is InChI=1S/C15H25BrN2O/c1-11(2)8-13(18(3)4)10-17-9-12-6-5-7-14(16)15(12)19/h5-7,11,13,17,19H,8-10H2,1-4H3. The smallest absolute Gasteiger partial charge is 0.134 e. The van der Waals surface area contributed by atoms with Crippen LogP contribution < -0.4 is 5.32 Å². The molecule has 0 radical (unpaired) electrons. The SMILES string of the molecule is CC(C)CC(CNCc1cccc(Br)c1O)N(C)C. The zero-order valence-electron chi connectivity index (χ0n) is 12.3. The van der Waals surface area contributed by atoms with Gasteiger partial charge in [-0.25, -0.2) is 0 Å². The quantitative estimate of drug-likeness (QED) is 0.806. The lowest BCUT2D eigenvalue weighted by molar-refractivity contribution is 0.246. The van der Waals surface area contributed by atoms with Crippen LogP contribution in [0.15, 0.2) is 22.7 Å². The highest BCUT2D eigenvalue weighted by molar-refractivity contribution is 9.10. The van der Waals surface area contributed by atoms with Crippen LogP contribution in [0.4, 0.5) is 0 Å². The first-order valence-corrected chi connectivity index (χ1v) is 7.54. The Morgan fingerprint density at radius 2 is 2.00 bits per heavy atom. The summed E-state index contributed by atoms with van der Waals surface area (Å²) in [5, 5.41) is 13.4. The highest BCUT2D eigenvalue weighted by Crippen LogP contribution is 2.27. The largest absolute Gasteiger partial charge is 0.506 e. The lowest BCUT2D eigenvalue weighted by Crippen LogP contribution is -2.38. The molecule has 0 saturated heterocycles. The molecule has 1 aromatic rings. The maximum atomic E-state index is 9.92. The van der Waals surface area contributed by atoms with Crippen molar-refractivity contribution >= 4 is 15.9 Å². The van der Waals surface area contributed by atoms with Crippen LogP contribution in [0.2, 0.25) is 0 Å². The van der Waals surface area contributed by atoms with Gasteiger partial charge in [-0.3, -0.25) is 0 Å². The van der Waals surface area contributed by atoms with Crippen LogP contribution in [-0.4, -0.2) is 36.7 Å². The average molecular weight is 329 g/mol. The first-order chi connectivity index (χ1) is 8.91. The number of phenolic OH excluding ortho intramolecular Hbond substituents is 1. The lowest BCUT2D eigenvalue weighted by atomic mass is 10.0. The van der Waals surface area contributed by atoms with Gasteiger partial charge in [0, 0.05) is 24.7 Å². The zero-order valence-corrected chi connectivity index (χ0v) is 13.9. The van der Waals surface area contributed by atoms with Crippen molar-refractivity contribution in [2.75, 3.05) is 20.6 Å². The molecule has 0 aromatic heterocycles. The van der Waals surface area contributed by atoms with E-state index in [1.54, 1.807) is 0 Å². The van der Waals surface area contributed by atoms with Crippen molar-refractivity contribution in [3.05, 3.63) is 28.2 Å². The second-order valence-corrected chi connectivity index (χ2v) is 6.48. The third-order valence-electron chi connectivity index (χ3n) is 3.24. The van der Waals surface area contributed by atoms with E-state index < -0.39 is 0 Å². The molecule has 0 spiro atoms. The molecule has 0 aliphatic heterocycles. The van der Waals surface area contributed by atoms with E-state index >= 15 is 0 Å². The lowest BCUT2D eigenvalue weighted by Gasteiger charge is -2.26. The number of halogens is 1. The van der Waals surface area contributed by atoms with Crippen LogP contribution in [0.5, 0.6) is 5.75 Å². The van der Waals surface area contributed by atoms with Crippen molar-refractivity contribution in [2.24, 2.45) is 5.92 Å². The fraction of sp³-hybridized carbons (Fsp3) is 0.600. The molecule has 1 aromatic carbocycles. The summed E-state index contributed by atoms with van der Waals surface area (Å²) in [5.41, 5.74) is 0.927. The van der Waals surface area contributed by atoms with Gasteiger partial charge in [0.2, 0.25) is 0 Å². The number of rotatable bonds is 7. The van der Waals surface area contributed by atoms with Crippen molar-refractivity contribution in [3.8, 4) is 5.75 Å². The summed E-state index contributed by atoms with van der Waals surface area (Å²) < 4.78 is 0.748. The minimum atomic E-state index is 0.334. The summed E-state index contributed by atoms with van der Waals surface area (Å²) in [4.78, 5) is 2.26. The van der Waals surface area contributed by atoms with Crippen molar-refractivity contribution in [1.29, 1.82) is 0 Å². The van der Waals surface area contributed by atoms with Gasteiger partial charge in [-0.15, -0.1) is 0 Å². The molecule has 0 aliphatic rings. The van der Waals surface area contributed by atoms with Gasteiger partial charge < -0.3 is 15.3 Å². The van der Waals surface area contributed by atoms with E-state index in [-0.39, 0.29) is 0 Å². The highest BCUT2D eigenvalue weighted by Gasteiger charge is 2.13. The predicted molar refractivity (Wildman–Crippen MR) is 84.4 cm³/mol. The highest BCUT2D eigenvalue weighted by atomic mass is 79.9. The summed E-state index contributed by atoms with van der Waals surface area (Å²) in [6, 6.07) is 6.26. The van der Waals surface area contributed by atoms with E-state index in [1.807, 2.05) is 18.2 Å². The Hall–Kier alpha value is -0.580. The van der Waals surface area contributed by atoms with Gasteiger partial charge in [-0.05, 0) is 48.4 Å². The molecule has 1 unspecified atom stereocenters. The number of phenols is 1. The number of nitrogens with one attached hydrogen (secondary N) is 1. The summed E-state index contributed by atoms with van der Waals surface area (Å²) in [6.45, 7) is 6.11. The molecule has 0 aliphatic carbocycles. The fourth-order valence-corrected chi connectivity index (χ4v) is 2.50. The topological polar surface area (TPSA) is 35.5 Å². The molecule has 4 heteroatoms. The van der Waals surface area contributed by atoms with Gasteiger partial charge in [0.25, 0.3) is 0 Å². The van der Waals surface area contributed by atoms with Crippen LogP contribution in [-0.2, 0) is 6.54 Å². The molecule has 0 saturated carbocycles. The Labute approximate surface area is 125 Å². The summed E-state index contributed by atoms with van der Waals surface area (Å²) >= 11 is 3.34. The molecule has 2 N–H and O–H groups in total. The third-order valence-corrected chi connectivity index (χ3v) is 3.88. The van der Waals surface area contributed by atoms with E-state index in [2.05, 4.69) is 54.1 Å². The molecule has 0 bridgehead atoms. The number of likely N-dealkylation sites (N-methyl/N-ethyl adjacent to an activating group) is 1. The van der Waals surface area contributed by atoms with Gasteiger partial charge >= 0.3 is 0 Å². The second kappa shape index (κ2) is 7.88. The Morgan fingerprint density at radius 3 is 2.58 bits per heavy atom.